The number of carboxylic acids is 1. The summed E-state index contributed by atoms with van der Waals surface area (Å²) in [6.07, 6.45) is 8.81. The van der Waals surface area contributed by atoms with Crippen molar-refractivity contribution in [2.24, 2.45) is 5.92 Å². The van der Waals surface area contributed by atoms with Gasteiger partial charge in [0, 0.05) is 23.9 Å². The zero-order valence-electron chi connectivity index (χ0n) is 20.8. The lowest BCUT2D eigenvalue weighted by molar-refractivity contribution is -0.131. The van der Waals surface area contributed by atoms with Crippen molar-refractivity contribution in [2.75, 3.05) is 11.2 Å². The Morgan fingerprint density at radius 3 is 2.30 bits per heavy atom. The molecule has 0 spiro atoms. The Morgan fingerprint density at radius 2 is 1.62 bits per heavy atom. The number of rotatable bonds is 8. The van der Waals surface area contributed by atoms with E-state index in [1.807, 2.05) is 54.6 Å². The zero-order valence-corrected chi connectivity index (χ0v) is 21.7. The van der Waals surface area contributed by atoms with Gasteiger partial charge < -0.3 is 10.0 Å². The summed E-state index contributed by atoms with van der Waals surface area (Å²) in [5, 5.41) is 8.98. The van der Waals surface area contributed by atoms with E-state index in [2.05, 4.69) is 0 Å². The van der Waals surface area contributed by atoms with Gasteiger partial charge in [0.05, 0.1) is 11.4 Å². The molecule has 7 heteroatoms. The van der Waals surface area contributed by atoms with Crippen LogP contribution in [-0.2, 0) is 26.0 Å². The van der Waals surface area contributed by atoms with Crippen molar-refractivity contribution in [2.45, 2.75) is 43.5 Å². The Hall–Kier alpha value is -3.71. The van der Waals surface area contributed by atoms with E-state index in [0.717, 1.165) is 60.6 Å². The first-order valence-electron chi connectivity index (χ1n) is 12.4. The van der Waals surface area contributed by atoms with Gasteiger partial charge in [-0.2, -0.15) is 0 Å². The quantitative estimate of drug-likeness (QED) is 0.372. The molecule has 0 saturated heterocycles. The molecule has 3 aromatic carbocycles. The summed E-state index contributed by atoms with van der Waals surface area (Å²) in [5.41, 5.74) is 4.08. The van der Waals surface area contributed by atoms with E-state index >= 15 is 0 Å². The summed E-state index contributed by atoms with van der Waals surface area (Å²) in [5.74, 6) is -0.961. The molecule has 3 aromatic rings. The summed E-state index contributed by atoms with van der Waals surface area (Å²) >= 11 is 0. The molecular formula is C30H31NO5S. The van der Waals surface area contributed by atoms with Crippen LogP contribution in [0.3, 0.4) is 0 Å². The molecule has 1 N–H and O–H groups in total. The highest BCUT2D eigenvalue weighted by molar-refractivity contribution is 7.90. The molecule has 6 nitrogen and oxygen atoms in total. The van der Waals surface area contributed by atoms with Gasteiger partial charge >= 0.3 is 5.97 Å². The Morgan fingerprint density at radius 1 is 0.919 bits per heavy atom. The number of carbonyl (C=O) groups is 2. The minimum absolute atomic E-state index is 0.0232. The van der Waals surface area contributed by atoms with Crippen molar-refractivity contribution in [3.8, 4) is 11.1 Å². The Balaban J connectivity index is 1.62. The summed E-state index contributed by atoms with van der Waals surface area (Å²) in [4.78, 5) is 26.7. The average Bonchev–Trinajstić information content (AvgIpc) is 2.91. The number of aliphatic carboxylic acids is 1. The van der Waals surface area contributed by atoms with Crippen molar-refractivity contribution in [1.82, 2.24) is 0 Å². The Labute approximate surface area is 218 Å². The summed E-state index contributed by atoms with van der Waals surface area (Å²) in [6.45, 7) is 0.380. The number of carbonyl (C=O) groups excluding carboxylic acids is 1. The Bertz CT molecular complexity index is 1400. The van der Waals surface area contributed by atoms with E-state index in [4.69, 9.17) is 5.11 Å². The number of carboxylic acid groups (broad SMARTS) is 1. The predicted molar refractivity (Wildman–Crippen MR) is 146 cm³/mol. The number of hydrogen-bond acceptors (Lipinski definition) is 4. The summed E-state index contributed by atoms with van der Waals surface area (Å²) in [7, 11) is -3.30. The van der Waals surface area contributed by atoms with E-state index in [1.54, 1.807) is 23.1 Å². The van der Waals surface area contributed by atoms with Crippen LogP contribution in [0, 0.1) is 5.92 Å². The van der Waals surface area contributed by atoms with Crippen LogP contribution in [0.1, 0.15) is 43.2 Å². The maximum Gasteiger partial charge on any atom is 0.328 e. The van der Waals surface area contributed by atoms with Gasteiger partial charge in [0.2, 0.25) is 5.91 Å². The highest BCUT2D eigenvalue weighted by Gasteiger charge is 2.27. The third kappa shape index (κ3) is 6.95. The second-order valence-corrected chi connectivity index (χ2v) is 11.5. The number of anilines is 1. The van der Waals surface area contributed by atoms with Crippen LogP contribution in [0.25, 0.3) is 17.2 Å². The molecule has 0 atom stereocenters. The molecule has 0 aromatic heterocycles. The van der Waals surface area contributed by atoms with Gasteiger partial charge in [0.25, 0.3) is 0 Å². The molecule has 1 amide bonds. The van der Waals surface area contributed by atoms with Crippen LogP contribution >= 0.6 is 0 Å². The number of benzene rings is 3. The van der Waals surface area contributed by atoms with Crippen molar-refractivity contribution >= 4 is 33.5 Å². The van der Waals surface area contributed by atoms with Gasteiger partial charge in [0.15, 0.2) is 9.84 Å². The molecule has 1 aliphatic rings. The van der Waals surface area contributed by atoms with Gasteiger partial charge in [-0.3, -0.25) is 4.79 Å². The van der Waals surface area contributed by atoms with Crippen molar-refractivity contribution in [1.29, 1.82) is 0 Å². The van der Waals surface area contributed by atoms with E-state index in [1.165, 1.54) is 12.3 Å². The minimum atomic E-state index is -3.30. The predicted octanol–water partition coefficient (Wildman–Crippen LogP) is 5.97. The van der Waals surface area contributed by atoms with E-state index in [-0.39, 0.29) is 16.7 Å². The largest absolute Gasteiger partial charge is 0.478 e. The van der Waals surface area contributed by atoms with E-state index in [0.29, 0.717) is 12.1 Å². The fourth-order valence-electron chi connectivity index (χ4n) is 4.72. The summed E-state index contributed by atoms with van der Waals surface area (Å²) in [6, 6.07) is 22.0. The second-order valence-electron chi connectivity index (χ2n) is 9.52. The number of sulfone groups is 1. The van der Waals surface area contributed by atoms with Gasteiger partial charge in [-0.1, -0.05) is 67.8 Å². The number of hydrogen-bond donors (Lipinski definition) is 1. The third-order valence-corrected chi connectivity index (χ3v) is 7.82. The molecule has 0 unspecified atom stereocenters. The van der Waals surface area contributed by atoms with Gasteiger partial charge in [-0.15, -0.1) is 0 Å². The highest BCUT2D eigenvalue weighted by atomic mass is 32.2. The number of amides is 1. The van der Waals surface area contributed by atoms with Crippen LogP contribution in [0.2, 0.25) is 0 Å². The van der Waals surface area contributed by atoms with Crippen molar-refractivity contribution < 1.29 is 23.1 Å². The smallest absolute Gasteiger partial charge is 0.328 e. The van der Waals surface area contributed by atoms with Gasteiger partial charge in [0.1, 0.15) is 0 Å². The fourth-order valence-corrected chi connectivity index (χ4v) is 5.39. The molecule has 0 radical (unpaired) electrons. The van der Waals surface area contributed by atoms with Crippen LogP contribution in [0.4, 0.5) is 5.69 Å². The highest BCUT2D eigenvalue weighted by Crippen LogP contribution is 2.30. The molecule has 1 aliphatic carbocycles. The van der Waals surface area contributed by atoms with Gasteiger partial charge in [-0.25, -0.2) is 13.2 Å². The first kappa shape index (κ1) is 26.4. The molecule has 0 bridgehead atoms. The van der Waals surface area contributed by atoms with Crippen molar-refractivity contribution in [3.05, 3.63) is 90.0 Å². The zero-order chi connectivity index (χ0) is 26.4. The second kappa shape index (κ2) is 11.6. The third-order valence-electron chi connectivity index (χ3n) is 6.71. The molecule has 1 saturated carbocycles. The molecule has 37 heavy (non-hydrogen) atoms. The Kier molecular flexibility index (Phi) is 8.24. The molecule has 192 valence electrons. The van der Waals surface area contributed by atoms with Crippen LogP contribution in [0.5, 0.6) is 0 Å². The lowest BCUT2D eigenvalue weighted by Crippen LogP contribution is -2.36. The van der Waals surface area contributed by atoms with E-state index in [9.17, 15) is 18.0 Å². The molecule has 1 fully saturated rings. The summed E-state index contributed by atoms with van der Waals surface area (Å²) < 4.78 is 23.9. The molecule has 0 heterocycles. The first-order chi connectivity index (χ1) is 17.7. The van der Waals surface area contributed by atoms with Crippen LogP contribution in [0.15, 0.2) is 83.8 Å². The molecule has 0 aliphatic heterocycles. The lowest BCUT2D eigenvalue weighted by atomic mass is 9.88. The van der Waals surface area contributed by atoms with Crippen LogP contribution in [-0.4, -0.2) is 31.7 Å². The minimum Gasteiger partial charge on any atom is -0.478 e. The SMILES string of the molecule is CS(=O)(=O)c1cccc(-c2ccc(CN(C(=O)C3CCCCC3)c3cccc(C=CC(=O)O)c3)cc2)c1. The maximum absolute atomic E-state index is 13.7. The maximum atomic E-state index is 13.7. The van der Waals surface area contributed by atoms with Crippen LogP contribution < -0.4 is 4.90 Å². The fraction of sp³-hybridized carbons (Fsp3) is 0.267. The topological polar surface area (TPSA) is 91.8 Å². The first-order valence-corrected chi connectivity index (χ1v) is 14.3. The van der Waals surface area contributed by atoms with Gasteiger partial charge in [-0.05, 0) is 65.4 Å². The molecular weight excluding hydrogens is 486 g/mol. The number of nitrogens with zero attached hydrogens (tertiary/aromatic N) is 1. The monoisotopic (exact) mass is 517 g/mol. The van der Waals surface area contributed by atoms with E-state index < -0.39 is 15.8 Å². The van der Waals surface area contributed by atoms with Crippen molar-refractivity contribution in [3.63, 3.8) is 0 Å². The standard InChI is InChI=1S/C30H31NO5S/c1-37(35,36)28-12-6-10-26(20-28)24-16-13-23(14-17-24)21-31(30(34)25-8-3-2-4-9-25)27-11-5-7-22(19-27)15-18-29(32)33/h5-7,10-20,25H,2-4,8-9,21H2,1H3,(H,32,33). The lowest BCUT2D eigenvalue weighted by Gasteiger charge is -2.30. The molecule has 4 rings (SSSR count). The normalized spacial score (nSPS) is 14.5. The average molecular weight is 518 g/mol.